The smallest absolute Gasteiger partial charge is 0.0206 e. The van der Waals surface area contributed by atoms with Gasteiger partial charge in [-0.2, -0.15) is 0 Å². The molecule has 1 nitrogen and oxygen atoms in total. The van der Waals surface area contributed by atoms with E-state index in [1.165, 1.54) is 31.9 Å². The molecule has 1 aliphatic rings. The average molecular weight is 151 g/mol. The minimum Gasteiger partial charge on any atom is -0.308 e. The molecule has 0 atom stereocenters. The van der Waals surface area contributed by atoms with Crippen molar-refractivity contribution in [2.75, 3.05) is 0 Å². The van der Waals surface area contributed by atoms with Crippen LogP contribution in [-0.4, -0.2) is 6.21 Å². The maximum atomic E-state index is 7.07. The molecule has 0 unspecified atom stereocenters. The van der Waals surface area contributed by atoms with Crippen molar-refractivity contribution >= 4 is 6.21 Å². The summed E-state index contributed by atoms with van der Waals surface area (Å²) in [6.07, 6.45) is 6.54. The number of hydrogen-bond acceptors (Lipinski definition) is 1. The highest BCUT2D eigenvalue weighted by Gasteiger charge is 2.18. The van der Waals surface area contributed by atoms with Crippen molar-refractivity contribution in [1.82, 2.24) is 0 Å². The summed E-state index contributed by atoms with van der Waals surface area (Å²) in [4.78, 5) is 0. The molecular formula is C10H17N. The maximum absolute atomic E-state index is 7.07. The molecule has 1 heteroatoms. The second-order valence-corrected chi connectivity index (χ2v) is 3.68. The zero-order chi connectivity index (χ0) is 8.27. The Bertz CT molecular complexity index is 152. The number of allylic oxidation sites excluding steroid dienone is 1. The van der Waals surface area contributed by atoms with Crippen molar-refractivity contribution in [2.24, 2.45) is 11.8 Å². The SMILES string of the molecule is C=C(C=N)C1CCC(C)CC1. The van der Waals surface area contributed by atoms with Crippen LogP contribution in [0.1, 0.15) is 32.6 Å². The van der Waals surface area contributed by atoms with Gasteiger partial charge in [-0.05, 0) is 30.3 Å². The third kappa shape index (κ3) is 2.18. The van der Waals surface area contributed by atoms with Crippen molar-refractivity contribution in [3.8, 4) is 0 Å². The van der Waals surface area contributed by atoms with Crippen LogP contribution in [-0.2, 0) is 0 Å². The largest absolute Gasteiger partial charge is 0.308 e. The second-order valence-electron chi connectivity index (χ2n) is 3.68. The molecule has 1 fully saturated rings. The van der Waals surface area contributed by atoms with Gasteiger partial charge in [-0.3, -0.25) is 0 Å². The van der Waals surface area contributed by atoms with Gasteiger partial charge in [0, 0.05) is 6.21 Å². The quantitative estimate of drug-likeness (QED) is 0.587. The van der Waals surface area contributed by atoms with Gasteiger partial charge in [0.1, 0.15) is 0 Å². The van der Waals surface area contributed by atoms with Crippen molar-refractivity contribution < 1.29 is 0 Å². The molecule has 62 valence electrons. The molecule has 0 aromatic carbocycles. The summed E-state index contributed by atoms with van der Waals surface area (Å²) in [5, 5.41) is 7.07. The van der Waals surface area contributed by atoms with Crippen LogP contribution in [0, 0.1) is 17.2 Å². The van der Waals surface area contributed by atoms with Gasteiger partial charge in [0.05, 0.1) is 0 Å². The predicted octanol–water partition coefficient (Wildman–Crippen LogP) is 3.02. The Kier molecular flexibility index (Phi) is 2.86. The van der Waals surface area contributed by atoms with Crippen molar-refractivity contribution in [2.45, 2.75) is 32.6 Å². The van der Waals surface area contributed by atoms with Gasteiger partial charge in [0.15, 0.2) is 0 Å². The lowest BCUT2D eigenvalue weighted by molar-refractivity contribution is 0.326. The number of nitrogens with one attached hydrogen (secondary N) is 1. The van der Waals surface area contributed by atoms with Crippen molar-refractivity contribution in [3.63, 3.8) is 0 Å². The Morgan fingerprint density at radius 3 is 2.36 bits per heavy atom. The van der Waals surface area contributed by atoms with E-state index in [9.17, 15) is 0 Å². The zero-order valence-electron chi connectivity index (χ0n) is 7.27. The van der Waals surface area contributed by atoms with Gasteiger partial charge < -0.3 is 5.41 Å². The molecule has 0 spiro atoms. The summed E-state index contributed by atoms with van der Waals surface area (Å²) in [5.74, 6) is 1.51. The van der Waals surface area contributed by atoms with E-state index in [2.05, 4.69) is 13.5 Å². The van der Waals surface area contributed by atoms with Crippen LogP contribution in [0.4, 0.5) is 0 Å². The molecule has 0 bridgehead atoms. The maximum Gasteiger partial charge on any atom is 0.0206 e. The Morgan fingerprint density at radius 2 is 1.91 bits per heavy atom. The minimum absolute atomic E-state index is 0.615. The van der Waals surface area contributed by atoms with Gasteiger partial charge in [-0.15, -0.1) is 0 Å². The van der Waals surface area contributed by atoms with E-state index < -0.39 is 0 Å². The molecular weight excluding hydrogens is 134 g/mol. The molecule has 1 rings (SSSR count). The lowest BCUT2D eigenvalue weighted by Gasteiger charge is -2.25. The van der Waals surface area contributed by atoms with E-state index in [1.54, 1.807) is 0 Å². The average Bonchev–Trinajstić information content (AvgIpc) is 2.05. The fraction of sp³-hybridized carbons (Fsp3) is 0.700. The second kappa shape index (κ2) is 3.70. The summed E-state index contributed by atoms with van der Waals surface area (Å²) >= 11 is 0. The van der Waals surface area contributed by atoms with E-state index in [-0.39, 0.29) is 0 Å². The van der Waals surface area contributed by atoms with Crippen LogP contribution >= 0.6 is 0 Å². The lowest BCUT2D eigenvalue weighted by Crippen LogP contribution is -2.14. The van der Waals surface area contributed by atoms with Crippen LogP contribution in [0.3, 0.4) is 0 Å². The van der Waals surface area contributed by atoms with Crippen molar-refractivity contribution in [3.05, 3.63) is 12.2 Å². The molecule has 0 saturated heterocycles. The molecule has 0 radical (unpaired) electrons. The zero-order valence-corrected chi connectivity index (χ0v) is 7.27. The molecule has 11 heavy (non-hydrogen) atoms. The number of rotatable bonds is 2. The van der Waals surface area contributed by atoms with Crippen LogP contribution in [0.15, 0.2) is 12.2 Å². The Morgan fingerprint density at radius 1 is 1.36 bits per heavy atom. The Hall–Kier alpha value is -0.590. The molecule has 0 heterocycles. The molecule has 1 aliphatic carbocycles. The summed E-state index contributed by atoms with van der Waals surface area (Å²) < 4.78 is 0. The molecule has 0 amide bonds. The first-order chi connectivity index (χ1) is 5.24. The monoisotopic (exact) mass is 151 g/mol. The van der Waals surface area contributed by atoms with E-state index in [0.29, 0.717) is 5.92 Å². The summed E-state index contributed by atoms with van der Waals surface area (Å²) in [6.45, 7) is 6.19. The van der Waals surface area contributed by atoms with Crippen LogP contribution in [0.5, 0.6) is 0 Å². The topological polar surface area (TPSA) is 23.9 Å². The van der Waals surface area contributed by atoms with E-state index in [4.69, 9.17) is 5.41 Å². The Labute approximate surface area is 69.0 Å². The fourth-order valence-electron chi connectivity index (χ4n) is 1.75. The molecule has 0 aromatic heterocycles. The first-order valence-corrected chi connectivity index (χ1v) is 4.43. The highest BCUT2D eigenvalue weighted by Crippen LogP contribution is 2.31. The molecule has 1 saturated carbocycles. The predicted molar refractivity (Wildman–Crippen MR) is 49.0 cm³/mol. The third-order valence-electron chi connectivity index (χ3n) is 2.73. The minimum atomic E-state index is 0.615. The normalized spacial score (nSPS) is 31.4. The third-order valence-corrected chi connectivity index (χ3v) is 2.73. The van der Waals surface area contributed by atoms with Crippen LogP contribution in [0.25, 0.3) is 0 Å². The molecule has 1 N–H and O–H groups in total. The fourth-order valence-corrected chi connectivity index (χ4v) is 1.75. The van der Waals surface area contributed by atoms with Crippen LogP contribution in [0.2, 0.25) is 0 Å². The van der Waals surface area contributed by atoms with E-state index in [1.807, 2.05) is 0 Å². The first-order valence-electron chi connectivity index (χ1n) is 4.43. The van der Waals surface area contributed by atoms with Gasteiger partial charge in [0.25, 0.3) is 0 Å². The van der Waals surface area contributed by atoms with Crippen molar-refractivity contribution in [1.29, 1.82) is 5.41 Å². The molecule has 0 aromatic rings. The highest BCUT2D eigenvalue weighted by atomic mass is 14.4. The summed E-state index contributed by atoms with van der Waals surface area (Å²) in [7, 11) is 0. The van der Waals surface area contributed by atoms with E-state index >= 15 is 0 Å². The Balaban J connectivity index is 2.38. The van der Waals surface area contributed by atoms with Gasteiger partial charge >= 0.3 is 0 Å². The highest BCUT2D eigenvalue weighted by molar-refractivity contribution is 5.75. The number of hydrogen-bond donors (Lipinski definition) is 1. The summed E-state index contributed by atoms with van der Waals surface area (Å²) in [5.41, 5.74) is 1.02. The lowest BCUT2D eigenvalue weighted by atomic mass is 9.80. The summed E-state index contributed by atoms with van der Waals surface area (Å²) in [6, 6.07) is 0. The van der Waals surface area contributed by atoms with Gasteiger partial charge in [0.2, 0.25) is 0 Å². The van der Waals surface area contributed by atoms with E-state index in [0.717, 1.165) is 11.5 Å². The standard InChI is InChI=1S/C10H17N/c1-8-3-5-10(6-4-8)9(2)7-11/h7-8,10-11H,2-6H2,1H3. The van der Waals surface area contributed by atoms with Gasteiger partial charge in [-0.25, -0.2) is 0 Å². The first kappa shape index (κ1) is 8.51. The van der Waals surface area contributed by atoms with Gasteiger partial charge in [-0.1, -0.05) is 26.3 Å². The molecule has 0 aliphatic heterocycles. The van der Waals surface area contributed by atoms with Crippen LogP contribution < -0.4 is 0 Å².